The second kappa shape index (κ2) is 5.53. The van der Waals surface area contributed by atoms with Crippen LogP contribution in [-0.4, -0.2) is 54.2 Å². The molecule has 0 saturated heterocycles. The van der Waals surface area contributed by atoms with Crippen LogP contribution >= 0.6 is 11.6 Å². The lowest BCUT2D eigenvalue weighted by atomic mass is 10.3. The number of rotatable bonds is 7. The molecule has 0 radical (unpaired) electrons. The van der Waals surface area contributed by atoms with Gasteiger partial charge in [-0.15, -0.1) is 11.6 Å². The third-order valence-electron chi connectivity index (χ3n) is 2.31. The minimum atomic E-state index is -0.949. The average Bonchev–Trinajstić information content (AvgIpc) is 2.94. The lowest BCUT2D eigenvalue weighted by Crippen LogP contribution is -2.37. The molecule has 1 saturated carbocycles. The molecule has 0 amide bonds. The van der Waals surface area contributed by atoms with Crippen molar-refractivity contribution in [2.45, 2.75) is 24.3 Å². The molecule has 0 aromatic carbocycles. The molecule has 1 fully saturated rings. The molecule has 1 aliphatic carbocycles. The lowest BCUT2D eigenvalue weighted by Gasteiger charge is -2.22. The first-order valence-electron chi connectivity index (χ1n) is 4.75. The molecule has 0 aliphatic heterocycles. The van der Waals surface area contributed by atoms with Crippen LogP contribution in [0.3, 0.4) is 0 Å². The second-order valence-corrected chi connectivity index (χ2v) is 4.05. The summed E-state index contributed by atoms with van der Waals surface area (Å²) in [6.45, 7) is 1.79. The van der Waals surface area contributed by atoms with Gasteiger partial charge in [-0.3, -0.25) is 9.69 Å². The van der Waals surface area contributed by atoms with Gasteiger partial charge in [0.15, 0.2) is 0 Å². The quantitative estimate of drug-likeness (QED) is 0.646. The number of ether oxygens (including phenoxy) is 1. The average molecular weight is 222 g/mol. The zero-order valence-electron chi connectivity index (χ0n) is 8.28. The number of halogens is 1. The van der Waals surface area contributed by atoms with Gasteiger partial charge >= 0.3 is 5.97 Å². The van der Waals surface area contributed by atoms with E-state index in [1.165, 1.54) is 0 Å². The Labute approximate surface area is 88.8 Å². The molecule has 0 aromatic heterocycles. The highest BCUT2D eigenvalue weighted by Crippen LogP contribution is 2.27. The molecule has 0 aromatic rings. The monoisotopic (exact) mass is 221 g/mol. The fourth-order valence-corrected chi connectivity index (χ4v) is 1.53. The summed E-state index contributed by atoms with van der Waals surface area (Å²) in [4.78, 5) is 12.7. The van der Waals surface area contributed by atoms with E-state index in [-0.39, 0.29) is 0 Å². The number of carboxylic acids is 1. The molecule has 1 N–H and O–H groups in total. The van der Waals surface area contributed by atoms with E-state index in [1.54, 1.807) is 7.11 Å². The van der Waals surface area contributed by atoms with Gasteiger partial charge < -0.3 is 9.84 Å². The third-order valence-corrected chi connectivity index (χ3v) is 2.63. The van der Waals surface area contributed by atoms with Crippen LogP contribution in [0.2, 0.25) is 0 Å². The van der Waals surface area contributed by atoms with Crippen molar-refractivity contribution in [1.82, 2.24) is 4.90 Å². The van der Waals surface area contributed by atoms with Crippen molar-refractivity contribution in [3.8, 4) is 0 Å². The Morgan fingerprint density at radius 3 is 2.79 bits per heavy atom. The van der Waals surface area contributed by atoms with E-state index in [0.717, 1.165) is 19.4 Å². The standard InChI is InChI=1S/C9H16ClNO3/c1-14-5-4-11(7-2-3-7)6-8(10)9(12)13/h7-8H,2-6H2,1H3,(H,12,13). The summed E-state index contributed by atoms with van der Waals surface area (Å²) in [5, 5.41) is 7.86. The maximum absolute atomic E-state index is 10.6. The zero-order chi connectivity index (χ0) is 10.6. The first kappa shape index (κ1) is 11.8. The van der Waals surface area contributed by atoms with Gasteiger partial charge in [-0.1, -0.05) is 0 Å². The van der Waals surface area contributed by atoms with E-state index >= 15 is 0 Å². The molecule has 0 bridgehead atoms. The first-order valence-corrected chi connectivity index (χ1v) is 5.18. The summed E-state index contributed by atoms with van der Waals surface area (Å²) in [6.07, 6.45) is 2.29. The Kier molecular flexibility index (Phi) is 4.65. The third kappa shape index (κ3) is 3.82. The maximum Gasteiger partial charge on any atom is 0.322 e. The van der Waals surface area contributed by atoms with Crippen molar-refractivity contribution >= 4 is 17.6 Å². The van der Waals surface area contributed by atoms with E-state index in [2.05, 4.69) is 4.90 Å². The summed E-state index contributed by atoms with van der Waals surface area (Å²) in [5.74, 6) is -0.949. The van der Waals surface area contributed by atoms with E-state index in [9.17, 15) is 4.79 Å². The molecule has 0 heterocycles. The first-order chi connectivity index (χ1) is 6.65. The fourth-order valence-electron chi connectivity index (χ4n) is 1.36. The highest BCUT2D eigenvalue weighted by atomic mass is 35.5. The van der Waals surface area contributed by atoms with Gasteiger partial charge in [0, 0.05) is 26.2 Å². The molecule has 5 heteroatoms. The van der Waals surface area contributed by atoms with Crippen LogP contribution in [-0.2, 0) is 9.53 Å². The predicted molar refractivity (Wildman–Crippen MR) is 53.7 cm³/mol. The molecule has 4 nitrogen and oxygen atoms in total. The maximum atomic E-state index is 10.6. The Bertz CT molecular complexity index is 196. The summed E-state index contributed by atoms with van der Waals surface area (Å²) in [5.41, 5.74) is 0. The molecule has 1 atom stereocenters. The minimum absolute atomic E-state index is 0.408. The van der Waals surface area contributed by atoms with Crippen LogP contribution in [0, 0.1) is 0 Å². The van der Waals surface area contributed by atoms with Gasteiger partial charge in [0.2, 0.25) is 0 Å². The molecule has 1 rings (SSSR count). The summed E-state index contributed by atoms with van der Waals surface area (Å²) in [6, 6.07) is 0.519. The van der Waals surface area contributed by atoms with Crippen molar-refractivity contribution in [3.63, 3.8) is 0 Å². The number of alkyl halides is 1. The molecule has 1 unspecified atom stereocenters. The smallest absolute Gasteiger partial charge is 0.322 e. The van der Waals surface area contributed by atoms with Gasteiger partial charge in [0.1, 0.15) is 5.38 Å². The van der Waals surface area contributed by atoms with E-state index in [1.807, 2.05) is 0 Å². The molecule has 82 valence electrons. The van der Waals surface area contributed by atoms with Crippen molar-refractivity contribution in [1.29, 1.82) is 0 Å². The molecule has 1 aliphatic rings. The van der Waals surface area contributed by atoms with Crippen molar-refractivity contribution < 1.29 is 14.6 Å². The largest absolute Gasteiger partial charge is 0.480 e. The fraction of sp³-hybridized carbons (Fsp3) is 0.889. The lowest BCUT2D eigenvalue weighted by molar-refractivity contribution is -0.137. The van der Waals surface area contributed by atoms with E-state index in [0.29, 0.717) is 19.2 Å². The van der Waals surface area contributed by atoms with Crippen molar-refractivity contribution in [3.05, 3.63) is 0 Å². The summed E-state index contributed by atoms with van der Waals surface area (Å²) >= 11 is 5.68. The van der Waals surface area contributed by atoms with Crippen LogP contribution in [0.1, 0.15) is 12.8 Å². The van der Waals surface area contributed by atoms with Crippen LogP contribution in [0.5, 0.6) is 0 Å². The number of carbonyl (C=O) groups is 1. The van der Waals surface area contributed by atoms with E-state index < -0.39 is 11.3 Å². The van der Waals surface area contributed by atoms with Crippen molar-refractivity contribution in [2.75, 3.05) is 26.8 Å². The van der Waals surface area contributed by atoms with Gasteiger partial charge in [-0.2, -0.15) is 0 Å². The number of nitrogens with zero attached hydrogens (tertiary/aromatic N) is 1. The highest BCUT2D eigenvalue weighted by molar-refractivity contribution is 6.29. The van der Waals surface area contributed by atoms with E-state index in [4.69, 9.17) is 21.4 Å². The Morgan fingerprint density at radius 1 is 1.71 bits per heavy atom. The number of aliphatic carboxylic acids is 1. The van der Waals surface area contributed by atoms with Gasteiger partial charge in [0.05, 0.1) is 6.61 Å². The molecule has 0 spiro atoms. The molecular formula is C9H16ClNO3. The topological polar surface area (TPSA) is 49.8 Å². The predicted octanol–water partition coefficient (Wildman–Crippen LogP) is 0.789. The Morgan fingerprint density at radius 2 is 2.36 bits per heavy atom. The number of hydrogen-bond acceptors (Lipinski definition) is 3. The Balaban J connectivity index is 2.30. The van der Waals surface area contributed by atoms with Gasteiger partial charge in [-0.25, -0.2) is 0 Å². The van der Waals surface area contributed by atoms with Crippen LogP contribution in [0.15, 0.2) is 0 Å². The number of hydrogen-bond donors (Lipinski definition) is 1. The van der Waals surface area contributed by atoms with Crippen molar-refractivity contribution in [2.24, 2.45) is 0 Å². The molecular weight excluding hydrogens is 206 g/mol. The van der Waals surface area contributed by atoms with Gasteiger partial charge in [-0.05, 0) is 12.8 Å². The normalized spacial score (nSPS) is 18.5. The number of carboxylic acid groups (broad SMARTS) is 1. The minimum Gasteiger partial charge on any atom is -0.480 e. The van der Waals surface area contributed by atoms with Crippen LogP contribution in [0.4, 0.5) is 0 Å². The zero-order valence-corrected chi connectivity index (χ0v) is 9.04. The molecule has 14 heavy (non-hydrogen) atoms. The second-order valence-electron chi connectivity index (χ2n) is 3.52. The van der Waals surface area contributed by atoms with Gasteiger partial charge in [0.25, 0.3) is 0 Å². The highest BCUT2D eigenvalue weighted by Gasteiger charge is 2.31. The summed E-state index contributed by atoms with van der Waals surface area (Å²) < 4.78 is 4.96. The number of methoxy groups -OCH3 is 1. The SMILES string of the molecule is COCCN(CC(Cl)C(=O)O)C1CC1. The summed E-state index contributed by atoms with van der Waals surface area (Å²) in [7, 11) is 1.64. The van der Waals surface area contributed by atoms with Crippen LogP contribution in [0.25, 0.3) is 0 Å². The Hall–Kier alpha value is -0.320. The van der Waals surface area contributed by atoms with Crippen LogP contribution < -0.4 is 0 Å².